The van der Waals surface area contributed by atoms with Gasteiger partial charge in [-0.2, -0.15) is 0 Å². The first-order valence-corrected chi connectivity index (χ1v) is 24.4. The Bertz CT molecular complexity index is 2680. The van der Waals surface area contributed by atoms with Gasteiger partial charge in [-0.3, -0.25) is 14.4 Å². The molecule has 3 aliphatic rings. The van der Waals surface area contributed by atoms with Crippen LogP contribution in [-0.4, -0.2) is 103 Å². The number of fused-ring (bicyclic) bond motifs is 1. The molecule has 3 fully saturated rings. The molecule has 3 saturated heterocycles. The second-order valence-corrected chi connectivity index (χ2v) is 20.1. The molecule has 7 heterocycles. The second kappa shape index (κ2) is 18.6. The number of nitrogens with zero attached hydrogens (tertiary/aromatic N) is 7. The average Bonchev–Trinajstić information content (AvgIpc) is 4.13. The molecule has 2 aromatic carbocycles. The Morgan fingerprint density at radius 2 is 1.66 bits per heavy atom. The Labute approximate surface area is 386 Å². The van der Waals surface area contributed by atoms with Crippen LogP contribution >= 0.6 is 22.7 Å². The Morgan fingerprint density at radius 3 is 2.35 bits per heavy atom. The number of aliphatic hydroxyl groups is 1. The number of β-amino-alcohol motifs (C(OH)–C–C–N with tert-alkyl or cyclic N) is 1. The average molecular weight is 917 g/mol. The van der Waals surface area contributed by atoms with Gasteiger partial charge in [0.05, 0.1) is 33.9 Å². The maximum absolute atomic E-state index is 14.3. The summed E-state index contributed by atoms with van der Waals surface area (Å²) in [5.74, 6) is 0.237. The number of phenolic OH excluding ortho intramolecular Hbond substituents is 1. The Hall–Kier alpha value is -5.71. The van der Waals surface area contributed by atoms with Gasteiger partial charge in [-0.15, -0.1) is 32.9 Å². The van der Waals surface area contributed by atoms with Crippen molar-refractivity contribution < 1.29 is 29.1 Å². The van der Waals surface area contributed by atoms with Gasteiger partial charge in [0.1, 0.15) is 22.5 Å². The van der Waals surface area contributed by atoms with E-state index < -0.39 is 18.1 Å². The highest BCUT2D eigenvalue weighted by atomic mass is 32.1. The van der Waals surface area contributed by atoms with E-state index >= 15 is 0 Å². The quantitative estimate of drug-likeness (QED) is 0.115. The molecule has 0 unspecified atom stereocenters. The zero-order chi connectivity index (χ0) is 45.5. The predicted octanol–water partition coefficient (Wildman–Crippen LogP) is 7.99. The number of aromatic hydroxyl groups is 1. The topological polar surface area (TPSA) is 178 Å². The molecule has 16 heteroatoms. The molecule has 0 spiro atoms. The Kier molecular flexibility index (Phi) is 12.8. The smallest absolute Gasteiger partial charge is 0.243 e. The summed E-state index contributed by atoms with van der Waals surface area (Å²) >= 11 is 3.27. The monoisotopic (exact) mass is 916 g/mol. The summed E-state index contributed by atoms with van der Waals surface area (Å²) in [6.45, 7) is 12.7. The molecule has 6 aromatic rings. The predicted molar refractivity (Wildman–Crippen MR) is 252 cm³/mol. The van der Waals surface area contributed by atoms with Gasteiger partial charge in [0, 0.05) is 67.0 Å². The summed E-state index contributed by atoms with van der Waals surface area (Å²) in [5.41, 5.74) is 7.31. The Morgan fingerprint density at radius 1 is 0.923 bits per heavy atom. The molecule has 340 valence electrons. The fourth-order valence-corrected chi connectivity index (χ4v) is 12.0. The molecule has 3 aliphatic heterocycles. The Balaban J connectivity index is 0.784. The van der Waals surface area contributed by atoms with Crippen LogP contribution in [0.5, 0.6) is 5.75 Å². The minimum absolute atomic E-state index is 0.0558. The van der Waals surface area contributed by atoms with E-state index in [1.165, 1.54) is 15.3 Å². The van der Waals surface area contributed by atoms with Crippen molar-refractivity contribution in [2.45, 2.75) is 96.7 Å². The standard InChI is InChI=1S/C49H56N8O6S2/c1-27(2)43(49(62)57-25-35(58)22-39(57)46(60)51-29(4)31-10-12-32(13-11-31)45-30(5)50-26-64-45)41-24-42(54-63-41)55-18-16-34(17-19-55)48(61)56-20-14-33(15-21-56)44-28(3)37-23-38(52-53-47(37)65-44)36-8-6-7-9-40(36)59/h6-13,23-24,26-27,29,33-35,39,43,58-59H,14-22,25H2,1-5H3,(H,51,60)/t29-,35+,39-,43+/m0/s1. The molecule has 65 heavy (non-hydrogen) atoms. The lowest BCUT2D eigenvalue weighted by Crippen LogP contribution is -2.48. The number of nitrogens with one attached hydrogen (secondary N) is 1. The van der Waals surface area contributed by atoms with E-state index in [1.54, 1.807) is 34.8 Å². The van der Waals surface area contributed by atoms with E-state index in [4.69, 9.17) is 4.52 Å². The summed E-state index contributed by atoms with van der Waals surface area (Å²) in [4.78, 5) is 55.3. The maximum atomic E-state index is 14.3. The molecular formula is C49H56N8O6S2. The lowest BCUT2D eigenvalue weighted by molar-refractivity contribution is -0.141. The second-order valence-electron chi connectivity index (χ2n) is 18.2. The van der Waals surface area contributed by atoms with Crippen molar-refractivity contribution >= 4 is 56.4 Å². The number of piperidine rings is 2. The molecule has 3 amide bonds. The zero-order valence-electron chi connectivity index (χ0n) is 37.4. The van der Waals surface area contributed by atoms with Crippen molar-refractivity contribution in [3.63, 3.8) is 0 Å². The highest BCUT2D eigenvalue weighted by Crippen LogP contribution is 2.41. The molecule has 0 bridgehead atoms. The number of likely N-dealkylation sites (tertiary alicyclic amines) is 2. The van der Waals surface area contributed by atoms with Crippen LogP contribution in [0.4, 0.5) is 5.82 Å². The number of hydrogen-bond donors (Lipinski definition) is 3. The summed E-state index contributed by atoms with van der Waals surface area (Å²) in [7, 11) is 0. The fourth-order valence-electron chi connectivity index (χ4n) is 9.92. The van der Waals surface area contributed by atoms with Crippen LogP contribution in [0.1, 0.15) is 98.2 Å². The fraction of sp³-hybridized carbons (Fsp3) is 0.449. The number of amides is 3. The van der Waals surface area contributed by atoms with E-state index in [1.807, 2.05) is 86.6 Å². The number of carbonyl (C=O) groups is 3. The van der Waals surface area contributed by atoms with Crippen LogP contribution in [0.25, 0.3) is 31.9 Å². The van der Waals surface area contributed by atoms with Crippen molar-refractivity contribution in [3.05, 3.63) is 93.6 Å². The normalized spacial score (nSPS) is 19.6. The number of aromatic nitrogens is 4. The molecule has 3 N–H and O–H groups in total. The number of carbonyl (C=O) groups excluding carboxylic acids is 3. The number of hydrogen-bond acceptors (Lipinski definition) is 13. The van der Waals surface area contributed by atoms with Crippen molar-refractivity contribution in [1.29, 1.82) is 0 Å². The van der Waals surface area contributed by atoms with Crippen LogP contribution in [0, 0.1) is 25.7 Å². The molecule has 0 radical (unpaired) electrons. The van der Waals surface area contributed by atoms with Crippen molar-refractivity contribution in [2.24, 2.45) is 11.8 Å². The van der Waals surface area contributed by atoms with Gasteiger partial charge in [0.2, 0.25) is 17.7 Å². The maximum Gasteiger partial charge on any atom is 0.243 e. The number of phenols is 1. The number of aliphatic hydroxyl groups excluding tert-OH is 1. The number of aryl methyl sites for hydroxylation is 2. The van der Waals surface area contributed by atoms with E-state index in [-0.39, 0.29) is 54.3 Å². The van der Waals surface area contributed by atoms with Gasteiger partial charge in [-0.05, 0) is 93.2 Å². The summed E-state index contributed by atoms with van der Waals surface area (Å²) in [6.07, 6.45) is 2.49. The van der Waals surface area contributed by atoms with Crippen LogP contribution in [0.3, 0.4) is 0 Å². The van der Waals surface area contributed by atoms with Gasteiger partial charge in [-0.25, -0.2) is 4.98 Å². The third-order valence-corrected chi connectivity index (χ3v) is 16.0. The van der Waals surface area contributed by atoms with Gasteiger partial charge < -0.3 is 34.8 Å². The number of anilines is 1. The number of thiophene rings is 1. The molecule has 0 aliphatic carbocycles. The first kappa shape index (κ1) is 44.5. The third kappa shape index (κ3) is 9.00. The number of para-hydroxylation sites is 1. The van der Waals surface area contributed by atoms with E-state index in [2.05, 4.69) is 37.5 Å². The molecule has 4 aromatic heterocycles. The first-order chi connectivity index (χ1) is 31.3. The van der Waals surface area contributed by atoms with Crippen LogP contribution in [0.2, 0.25) is 0 Å². The van der Waals surface area contributed by atoms with Crippen LogP contribution in [0.15, 0.2) is 70.7 Å². The van der Waals surface area contributed by atoms with Crippen LogP contribution in [-0.2, 0) is 14.4 Å². The molecule has 0 saturated carbocycles. The number of thiazole rings is 1. The van der Waals surface area contributed by atoms with Gasteiger partial charge >= 0.3 is 0 Å². The van der Waals surface area contributed by atoms with Gasteiger partial charge in [0.25, 0.3) is 0 Å². The van der Waals surface area contributed by atoms with Crippen molar-refractivity contribution in [3.8, 4) is 27.4 Å². The summed E-state index contributed by atoms with van der Waals surface area (Å²) in [5, 5.41) is 38.6. The van der Waals surface area contributed by atoms with Gasteiger partial charge in [-0.1, -0.05) is 55.4 Å². The summed E-state index contributed by atoms with van der Waals surface area (Å²) < 4.78 is 5.89. The van der Waals surface area contributed by atoms with E-state index in [0.29, 0.717) is 67.8 Å². The van der Waals surface area contributed by atoms with Crippen molar-refractivity contribution in [1.82, 2.24) is 35.5 Å². The van der Waals surface area contributed by atoms with Gasteiger partial charge in [0.15, 0.2) is 11.6 Å². The minimum Gasteiger partial charge on any atom is -0.507 e. The SMILES string of the molecule is Cc1ncsc1-c1ccc([C@H](C)NC(=O)[C@@H]2C[C@@H](O)CN2C(=O)[C@@H](c2cc(N3CCC(C(=O)N4CCC(c5sc6nnc(-c7ccccc7O)cc6c5C)CC4)CC3)no2)C(C)C)cc1. The lowest BCUT2D eigenvalue weighted by atomic mass is 9.90. The first-order valence-electron chi connectivity index (χ1n) is 22.7. The van der Waals surface area contributed by atoms with E-state index in [0.717, 1.165) is 44.8 Å². The largest absolute Gasteiger partial charge is 0.507 e. The molecular weight excluding hydrogens is 861 g/mol. The summed E-state index contributed by atoms with van der Waals surface area (Å²) in [6, 6.07) is 17.9. The zero-order valence-corrected chi connectivity index (χ0v) is 39.1. The lowest BCUT2D eigenvalue weighted by Gasteiger charge is -2.37. The third-order valence-electron chi connectivity index (χ3n) is 13.7. The highest BCUT2D eigenvalue weighted by molar-refractivity contribution is 7.19. The molecule has 9 rings (SSSR count). The number of rotatable bonds is 11. The molecule has 14 nitrogen and oxygen atoms in total. The van der Waals surface area contributed by atoms with E-state index in [9.17, 15) is 24.6 Å². The molecule has 4 atom stereocenters. The highest BCUT2D eigenvalue weighted by Gasteiger charge is 2.44. The van der Waals surface area contributed by atoms with Crippen molar-refractivity contribution in [2.75, 3.05) is 37.6 Å². The minimum atomic E-state index is -0.828. The number of benzene rings is 2. The van der Waals surface area contributed by atoms with Crippen LogP contribution < -0.4 is 10.2 Å².